The lowest BCUT2D eigenvalue weighted by molar-refractivity contribution is 0.115. The minimum absolute atomic E-state index is 0.0392. The molecular weight excluding hydrogens is 340 g/mol. The number of hydrogen-bond acceptors (Lipinski definition) is 0. The normalized spacial score (nSPS) is 31.4. The molecule has 1 fully saturated rings. The third-order valence-electron chi connectivity index (χ3n) is 8.16. The third kappa shape index (κ3) is 2.37. The first-order valence-electron chi connectivity index (χ1n) is 10.6. The van der Waals surface area contributed by atoms with E-state index in [9.17, 15) is 0 Å². The molecule has 28 heavy (non-hydrogen) atoms. The van der Waals surface area contributed by atoms with Crippen LogP contribution in [0.2, 0.25) is 0 Å². The van der Waals surface area contributed by atoms with Crippen LogP contribution in [-0.4, -0.2) is 18.1 Å². The molecule has 150 valence electrons. The predicted molar refractivity (Wildman–Crippen MR) is 121 cm³/mol. The van der Waals surface area contributed by atoms with E-state index in [1.165, 1.54) is 34.1 Å². The number of aromatic nitrogens is 1. The Hall–Kier alpha value is -1.80. The van der Waals surface area contributed by atoms with E-state index >= 15 is 0 Å². The first-order chi connectivity index (χ1) is 13.1. The Kier molecular flexibility index (Phi) is 4.25. The quantitative estimate of drug-likeness (QED) is 0.559. The van der Waals surface area contributed by atoms with Gasteiger partial charge in [-0.3, -0.25) is 0 Å². The molecule has 4 rings (SSSR count). The Balaban J connectivity index is 2.11. The van der Waals surface area contributed by atoms with Crippen molar-refractivity contribution in [1.82, 2.24) is 4.98 Å². The van der Waals surface area contributed by atoms with Crippen LogP contribution >= 0.6 is 0 Å². The zero-order chi connectivity index (χ0) is 20.5. The van der Waals surface area contributed by atoms with Crippen molar-refractivity contribution >= 4 is 10.9 Å². The number of nitrogens with zero attached hydrogens (tertiary/aromatic N) is 1. The first-order valence-corrected chi connectivity index (χ1v) is 10.6. The van der Waals surface area contributed by atoms with Crippen LogP contribution in [0.3, 0.4) is 0 Å². The summed E-state index contributed by atoms with van der Waals surface area (Å²) in [5, 5.41) is 6.43. The maximum atomic E-state index is 5.00. The van der Waals surface area contributed by atoms with Crippen molar-refractivity contribution in [3.8, 4) is 0 Å². The molecule has 0 amide bonds. The highest BCUT2D eigenvalue weighted by Crippen LogP contribution is 2.61. The van der Waals surface area contributed by atoms with Gasteiger partial charge in [-0.2, -0.15) is 7.05 Å². The van der Waals surface area contributed by atoms with Crippen LogP contribution in [0.5, 0.6) is 0 Å². The minimum atomic E-state index is -0.113. The molecule has 1 aromatic heterocycles. The van der Waals surface area contributed by atoms with Crippen LogP contribution in [-0.2, 0) is 10.8 Å². The van der Waals surface area contributed by atoms with E-state index in [2.05, 4.69) is 83.1 Å². The van der Waals surface area contributed by atoms with Gasteiger partial charge in [-0.1, -0.05) is 58.9 Å². The molecule has 2 aliphatic rings. The van der Waals surface area contributed by atoms with Gasteiger partial charge >= 0.3 is 0 Å². The van der Waals surface area contributed by atoms with Crippen LogP contribution in [0.1, 0.15) is 70.2 Å². The van der Waals surface area contributed by atoms with Gasteiger partial charge in [0.15, 0.2) is 0 Å². The average molecular weight is 376 g/mol. The number of rotatable bonds is 4. The summed E-state index contributed by atoms with van der Waals surface area (Å²) in [7, 11) is 2.00. The second-order valence-electron chi connectivity index (χ2n) is 10.4. The van der Waals surface area contributed by atoms with Gasteiger partial charge in [0, 0.05) is 22.0 Å². The molecular formula is C26H35N2-. The smallest absolute Gasteiger partial charge is 0.0462 e. The standard InChI is InChI=1S/C26H35N2/c1-9-24(3,4)22-21-19-16(12-11-13-18(19)28-22)25(5,6)17-14-15-26(7,10-2)23(27-8)20(17)21/h9-13,17,20,23,28H,1-2,14-15H2,3-8H3/q-1. The van der Waals surface area contributed by atoms with Crippen LogP contribution in [0.15, 0.2) is 43.5 Å². The summed E-state index contributed by atoms with van der Waals surface area (Å²) in [6, 6.07) is 7.03. The summed E-state index contributed by atoms with van der Waals surface area (Å²) in [4.78, 5) is 3.81. The predicted octanol–water partition coefficient (Wildman–Crippen LogP) is 6.98. The van der Waals surface area contributed by atoms with E-state index in [1.54, 1.807) is 0 Å². The second kappa shape index (κ2) is 6.10. The number of fused-ring (bicyclic) bond motifs is 2. The monoisotopic (exact) mass is 375 g/mol. The number of allylic oxidation sites excluding steroid dienone is 1. The molecule has 0 saturated heterocycles. The van der Waals surface area contributed by atoms with Crippen molar-refractivity contribution < 1.29 is 0 Å². The van der Waals surface area contributed by atoms with Gasteiger partial charge < -0.3 is 10.3 Å². The van der Waals surface area contributed by atoms with E-state index in [0.29, 0.717) is 11.8 Å². The lowest BCUT2D eigenvalue weighted by Gasteiger charge is -2.60. The van der Waals surface area contributed by atoms with Gasteiger partial charge in [-0.05, 0) is 52.7 Å². The Morgan fingerprint density at radius 2 is 1.93 bits per heavy atom. The average Bonchev–Trinajstić information content (AvgIpc) is 3.06. The molecule has 1 heterocycles. The van der Waals surface area contributed by atoms with Gasteiger partial charge in [-0.25, -0.2) is 0 Å². The van der Waals surface area contributed by atoms with Crippen molar-refractivity contribution in [3.05, 3.63) is 65.6 Å². The Morgan fingerprint density at radius 3 is 2.54 bits per heavy atom. The largest absolute Gasteiger partial charge is 0.661 e. The molecule has 2 heteroatoms. The molecule has 0 bridgehead atoms. The number of H-pyrrole nitrogens is 1. The maximum Gasteiger partial charge on any atom is 0.0462 e. The molecule has 1 saturated carbocycles. The maximum absolute atomic E-state index is 5.00. The molecule has 1 aromatic carbocycles. The van der Waals surface area contributed by atoms with E-state index < -0.39 is 0 Å². The van der Waals surface area contributed by atoms with Gasteiger partial charge in [-0.15, -0.1) is 19.2 Å². The highest BCUT2D eigenvalue weighted by molar-refractivity contribution is 5.91. The van der Waals surface area contributed by atoms with Gasteiger partial charge in [0.1, 0.15) is 0 Å². The van der Waals surface area contributed by atoms with E-state index in [1.807, 2.05) is 7.05 Å². The Labute approximate surface area is 170 Å². The SMILES string of the molecule is C=CC(C)(C)c1[nH]c2cccc3c2c1C1C([N-]C)C(C)(C=C)CCC1C3(C)C. The van der Waals surface area contributed by atoms with E-state index in [-0.39, 0.29) is 22.3 Å². The number of nitrogens with one attached hydrogen (secondary N) is 1. The Bertz CT molecular complexity index is 945. The van der Waals surface area contributed by atoms with Gasteiger partial charge in [0.25, 0.3) is 0 Å². The Morgan fingerprint density at radius 1 is 1.21 bits per heavy atom. The van der Waals surface area contributed by atoms with Crippen molar-refractivity contribution in [3.63, 3.8) is 0 Å². The number of aromatic amines is 1. The molecule has 2 aliphatic carbocycles. The van der Waals surface area contributed by atoms with E-state index in [4.69, 9.17) is 5.32 Å². The highest BCUT2D eigenvalue weighted by Gasteiger charge is 2.51. The van der Waals surface area contributed by atoms with Crippen molar-refractivity contribution in [2.24, 2.45) is 11.3 Å². The molecule has 4 atom stereocenters. The lowest BCUT2D eigenvalue weighted by atomic mass is 9.50. The fourth-order valence-electron chi connectivity index (χ4n) is 6.23. The molecule has 2 nitrogen and oxygen atoms in total. The number of likely N-dealkylation sites (N-methyl/N-ethyl adjacent to an activating group) is 1. The summed E-state index contributed by atoms with van der Waals surface area (Å²) in [6.45, 7) is 20.1. The fraction of sp³-hybridized carbons (Fsp3) is 0.538. The van der Waals surface area contributed by atoms with Crippen LogP contribution in [0.4, 0.5) is 0 Å². The number of hydrogen-bond donors (Lipinski definition) is 1. The summed E-state index contributed by atoms with van der Waals surface area (Å²) < 4.78 is 0. The molecule has 0 radical (unpaired) electrons. The highest BCUT2D eigenvalue weighted by atomic mass is 14.9. The molecule has 0 aliphatic heterocycles. The lowest BCUT2D eigenvalue weighted by Crippen LogP contribution is -2.50. The summed E-state index contributed by atoms with van der Waals surface area (Å²) in [6.07, 6.45) is 6.60. The van der Waals surface area contributed by atoms with E-state index in [0.717, 1.165) is 6.42 Å². The summed E-state index contributed by atoms with van der Waals surface area (Å²) in [5.41, 5.74) is 5.60. The molecule has 0 spiro atoms. The first kappa shape index (κ1) is 19.5. The zero-order valence-corrected chi connectivity index (χ0v) is 18.4. The van der Waals surface area contributed by atoms with Crippen LogP contribution in [0.25, 0.3) is 16.2 Å². The summed E-state index contributed by atoms with van der Waals surface area (Å²) >= 11 is 0. The minimum Gasteiger partial charge on any atom is -0.661 e. The molecule has 1 N–H and O–H groups in total. The third-order valence-corrected chi connectivity index (χ3v) is 8.16. The van der Waals surface area contributed by atoms with Gasteiger partial charge in [0.2, 0.25) is 0 Å². The fourth-order valence-corrected chi connectivity index (χ4v) is 6.23. The molecule has 4 unspecified atom stereocenters. The summed E-state index contributed by atoms with van der Waals surface area (Å²) in [5.74, 6) is 0.970. The number of benzene rings is 1. The van der Waals surface area contributed by atoms with Crippen LogP contribution in [0, 0.1) is 11.3 Å². The molecule has 2 aromatic rings. The topological polar surface area (TPSA) is 29.9 Å². The zero-order valence-electron chi connectivity index (χ0n) is 18.4. The van der Waals surface area contributed by atoms with Crippen molar-refractivity contribution in [1.29, 1.82) is 0 Å². The van der Waals surface area contributed by atoms with Crippen LogP contribution < -0.4 is 0 Å². The van der Waals surface area contributed by atoms with Crippen molar-refractivity contribution in [2.75, 3.05) is 7.05 Å². The van der Waals surface area contributed by atoms with Gasteiger partial charge in [0.05, 0.1) is 0 Å². The second-order valence-corrected chi connectivity index (χ2v) is 10.4. The van der Waals surface area contributed by atoms with Crippen molar-refractivity contribution in [2.45, 2.75) is 70.3 Å².